The number of carbonyl (C=O) groups is 1. The van der Waals surface area contributed by atoms with Gasteiger partial charge in [-0.3, -0.25) is 4.79 Å². The van der Waals surface area contributed by atoms with Crippen molar-refractivity contribution in [3.05, 3.63) is 77.9 Å². The Labute approximate surface area is 176 Å². The summed E-state index contributed by atoms with van der Waals surface area (Å²) in [6.45, 7) is 2.18. The number of amides is 1. The Morgan fingerprint density at radius 2 is 1.93 bits per heavy atom. The molecule has 0 spiro atoms. The van der Waals surface area contributed by atoms with Crippen LogP contribution >= 0.6 is 0 Å². The van der Waals surface area contributed by atoms with Gasteiger partial charge in [0.25, 0.3) is 0 Å². The summed E-state index contributed by atoms with van der Waals surface area (Å²) in [6.07, 6.45) is 4.98. The van der Waals surface area contributed by atoms with Crippen molar-refractivity contribution in [2.45, 2.75) is 30.7 Å². The van der Waals surface area contributed by atoms with Crippen LogP contribution in [0.5, 0.6) is 0 Å². The number of aryl methyl sites for hydroxylation is 2. The molecule has 0 saturated carbocycles. The summed E-state index contributed by atoms with van der Waals surface area (Å²) in [6, 6.07) is 13.7. The van der Waals surface area contributed by atoms with Gasteiger partial charge in [0.15, 0.2) is 0 Å². The first-order chi connectivity index (χ1) is 14.4. The Kier molecular flexibility index (Phi) is 5.44. The second-order valence-electron chi connectivity index (χ2n) is 7.43. The fourth-order valence-electron chi connectivity index (χ4n) is 3.86. The van der Waals surface area contributed by atoms with Gasteiger partial charge in [0.2, 0.25) is 15.9 Å². The van der Waals surface area contributed by atoms with Crippen molar-refractivity contribution in [1.29, 1.82) is 0 Å². The van der Waals surface area contributed by atoms with Gasteiger partial charge in [0.05, 0.1) is 4.90 Å². The van der Waals surface area contributed by atoms with Gasteiger partial charge in [-0.15, -0.1) is 0 Å². The van der Waals surface area contributed by atoms with E-state index in [0.717, 1.165) is 29.7 Å². The molecule has 3 aromatic rings. The Balaban J connectivity index is 1.71. The zero-order valence-corrected chi connectivity index (χ0v) is 17.8. The molecular weight excluding hydrogens is 400 g/mol. The SMILES string of the molecule is CC(=O)N1CCCc2cc(S(=O)(=O)NC(c3ccccc3)c3nccn3C)ccc21. The van der Waals surface area contributed by atoms with Crippen LogP contribution in [-0.2, 0) is 28.3 Å². The summed E-state index contributed by atoms with van der Waals surface area (Å²) >= 11 is 0. The molecule has 1 atom stereocenters. The third-order valence-corrected chi connectivity index (χ3v) is 6.80. The van der Waals surface area contributed by atoms with E-state index in [2.05, 4.69) is 9.71 Å². The molecule has 2 heterocycles. The fraction of sp³-hybridized carbons (Fsp3) is 0.273. The predicted molar refractivity (Wildman–Crippen MR) is 115 cm³/mol. The topological polar surface area (TPSA) is 84.3 Å². The van der Waals surface area contributed by atoms with Crippen LogP contribution in [0.4, 0.5) is 5.69 Å². The summed E-state index contributed by atoms with van der Waals surface area (Å²) in [5, 5.41) is 0. The first-order valence-electron chi connectivity index (χ1n) is 9.82. The van der Waals surface area contributed by atoms with Crippen LogP contribution in [-0.4, -0.2) is 30.4 Å². The molecule has 156 valence electrons. The van der Waals surface area contributed by atoms with Crippen molar-refractivity contribution in [1.82, 2.24) is 14.3 Å². The Morgan fingerprint density at radius 1 is 1.17 bits per heavy atom. The number of sulfonamides is 1. The third kappa shape index (κ3) is 3.88. The highest BCUT2D eigenvalue weighted by molar-refractivity contribution is 7.89. The quantitative estimate of drug-likeness (QED) is 0.683. The molecule has 0 saturated heterocycles. The lowest BCUT2D eigenvalue weighted by Gasteiger charge is -2.29. The highest BCUT2D eigenvalue weighted by Crippen LogP contribution is 2.30. The van der Waals surface area contributed by atoms with E-state index in [0.29, 0.717) is 12.4 Å². The molecule has 8 heteroatoms. The van der Waals surface area contributed by atoms with Crippen molar-refractivity contribution in [3.63, 3.8) is 0 Å². The lowest BCUT2D eigenvalue weighted by Crippen LogP contribution is -2.34. The fourth-order valence-corrected chi connectivity index (χ4v) is 5.09. The number of anilines is 1. The van der Waals surface area contributed by atoms with Gasteiger partial charge in [-0.05, 0) is 42.2 Å². The van der Waals surface area contributed by atoms with Crippen LogP contribution in [0.3, 0.4) is 0 Å². The van der Waals surface area contributed by atoms with Crippen molar-refractivity contribution < 1.29 is 13.2 Å². The molecule has 1 aromatic heterocycles. The maximum Gasteiger partial charge on any atom is 0.241 e. The average molecular weight is 425 g/mol. The van der Waals surface area contributed by atoms with Gasteiger partial charge < -0.3 is 9.47 Å². The van der Waals surface area contributed by atoms with Crippen molar-refractivity contribution >= 4 is 21.6 Å². The van der Waals surface area contributed by atoms with E-state index >= 15 is 0 Å². The van der Waals surface area contributed by atoms with E-state index in [1.165, 1.54) is 6.92 Å². The predicted octanol–water partition coefficient (Wildman–Crippen LogP) is 2.79. The molecular formula is C22H24N4O3S. The molecule has 0 radical (unpaired) electrons. The van der Waals surface area contributed by atoms with Gasteiger partial charge in [-0.1, -0.05) is 30.3 Å². The maximum atomic E-state index is 13.3. The average Bonchev–Trinajstić information content (AvgIpc) is 3.17. The number of carbonyl (C=O) groups excluding carboxylic acids is 1. The lowest BCUT2D eigenvalue weighted by molar-refractivity contribution is -0.116. The van der Waals surface area contributed by atoms with E-state index in [-0.39, 0.29) is 10.8 Å². The molecule has 30 heavy (non-hydrogen) atoms. The lowest BCUT2D eigenvalue weighted by atomic mass is 10.0. The van der Waals surface area contributed by atoms with Gasteiger partial charge in [-0.25, -0.2) is 13.4 Å². The van der Waals surface area contributed by atoms with Gasteiger partial charge in [0.1, 0.15) is 11.9 Å². The normalized spacial score (nSPS) is 14.9. The number of aromatic nitrogens is 2. The molecule has 0 aliphatic carbocycles. The smallest absolute Gasteiger partial charge is 0.241 e. The summed E-state index contributed by atoms with van der Waals surface area (Å²) in [4.78, 5) is 18.1. The molecule has 1 aliphatic rings. The van der Waals surface area contributed by atoms with Crippen LogP contribution in [0.2, 0.25) is 0 Å². The molecule has 0 bridgehead atoms. The van der Waals surface area contributed by atoms with Crippen LogP contribution in [0.25, 0.3) is 0 Å². The van der Waals surface area contributed by atoms with Crippen molar-refractivity contribution in [2.75, 3.05) is 11.4 Å². The van der Waals surface area contributed by atoms with Crippen molar-refractivity contribution in [2.24, 2.45) is 7.05 Å². The van der Waals surface area contributed by atoms with E-state index in [9.17, 15) is 13.2 Å². The third-order valence-electron chi connectivity index (χ3n) is 5.38. The molecule has 1 amide bonds. The molecule has 1 aliphatic heterocycles. The first-order valence-corrected chi connectivity index (χ1v) is 11.3. The van der Waals surface area contributed by atoms with E-state index < -0.39 is 16.1 Å². The van der Waals surface area contributed by atoms with Crippen molar-refractivity contribution in [3.8, 4) is 0 Å². The summed E-state index contributed by atoms with van der Waals surface area (Å²) in [7, 11) is -1.99. The molecule has 1 unspecified atom stereocenters. The molecule has 4 rings (SSSR count). The highest BCUT2D eigenvalue weighted by atomic mass is 32.2. The second-order valence-corrected chi connectivity index (χ2v) is 9.14. The van der Waals surface area contributed by atoms with Gasteiger partial charge >= 0.3 is 0 Å². The largest absolute Gasteiger partial charge is 0.336 e. The zero-order valence-electron chi connectivity index (χ0n) is 16.9. The second kappa shape index (κ2) is 8.04. The number of benzene rings is 2. The van der Waals surface area contributed by atoms with Crippen LogP contribution in [0.1, 0.15) is 36.3 Å². The van der Waals surface area contributed by atoms with E-state index in [4.69, 9.17) is 0 Å². The van der Waals surface area contributed by atoms with E-state index in [1.807, 2.05) is 37.4 Å². The highest BCUT2D eigenvalue weighted by Gasteiger charge is 2.27. The van der Waals surface area contributed by atoms with Crippen LogP contribution in [0.15, 0.2) is 65.8 Å². The summed E-state index contributed by atoms with van der Waals surface area (Å²) < 4.78 is 31.2. The number of hydrogen-bond donors (Lipinski definition) is 1. The monoisotopic (exact) mass is 424 g/mol. The summed E-state index contributed by atoms with van der Waals surface area (Å²) in [5.41, 5.74) is 2.46. The Morgan fingerprint density at radius 3 is 2.60 bits per heavy atom. The molecule has 7 nitrogen and oxygen atoms in total. The maximum absolute atomic E-state index is 13.3. The zero-order chi connectivity index (χ0) is 21.3. The first kappa shape index (κ1) is 20.3. The number of nitrogens with one attached hydrogen (secondary N) is 1. The van der Waals surface area contributed by atoms with E-state index in [1.54, 1.807) is 40.1 Å². The van der Waals surface area contributed by atoms with Crippen LogP contribution < -0.4 is 9.62 Å². The van der Waals surface area contributed by atoms with Crippen LogP contribution in [0, 0.1) is 0 Å². The van der Waals surface area contributed by atoms with Gasteiger partial charge in [-0.2, -0.15) is 4.72 Å². The number of fused-ring (bicyclic) bond motifs is 1. The molecule has 0 fully saturated rings. The minimum Gasteiger partial charge on any atom is -0.336 e. The molecule has 1 N–H and O–H groups in total. The summed E-state index contributed by atoms with van der Waals surface area (Å²) in [5.74, 6) is 0.564. The number of hydrogen-bond acceptors (Lipinski definition) is 4. The Hall–Kier alpha value is -2.97. The number of imidazole rings is 1. The van der Waals surface area contributed by atoms with Gasteiger partial charge in [0, 0.05) is 38.6 Å². The number of rotatable bonds is 5. The minimum absolute atomic E-state index is 0.0383. The standard InChI is InChI=1S/C22H24N4O3S/c1-16(27)26-13-6-9-18-15-19(10-11-20(18)26)30(28,29)24-21(17-7-4-3-5-8-17)22-23-12-14-25(22)2/h3-5,7-8,10-12,14-15,21,24H,6,9,13H2,1-2H3. The Bertz CT molecular complexity index is 1170. The minimum atomic E-state index is -3.83. The molecule has 2 aromatic carbocycles. The number of nitrogens with zero attached hydrogens (tertiary/aromatic N) is 3.